The molecule has 0 aliphatic carbocycles. The summed E-state index contributed by atoms with van der Waals surface area (Å²) in [6.45, 7) is 2.32. The lowest BCUT2D eigenvalue weighted by molar-refractivity contribution is -0.161. The quantitative estimate of drug-likeness (QED) is 0.0799. The largest absolute Gasteiger partial charge is 0.480 e. The Morgan fingerprint density at radius 2 is 1.24 bits per heavy atom. The molecule has 0 saturated heterocycles. The third kappa shape index (κ3) is 22.2. The third-order valence-electron chi connectivity index (χ3n) is 5.57. The van der Waals surface area contributed by atoms with Gasteiger partial charge in [0.15, 0.2) is 6.10 Å². The summed E-state index contributed by atoms with van der Waals surface area (Å²) in [6.07, 6.45) is 13.9. The number of carboxylic acids is 1. The maximum Gasteiger partial charge on any atom is 0.472 e. The zero-order chi connectivity index (χ0) is 27.9. The van der Waals surface area contributed by atoms with Crippen LogP contribution in [0.15, 0.2) is 0 Å². The number of carbonyl (C=O) groups excluding carboxylic acids is 2. The number of phosphoric ester groups is 1. The molecule has 218 valence electrons. The first-order chi connectivity index (χ1) is 17.6. The molecule has 0 radical (unpaired) electrons. The molecule has 0 aliphatic rings. The van der Waals surface area contributed by atoms with Crippen molar-refractivity contribution in [2.75, 3.05) is 19.8 Å². The standard InChI is InChI=1S/C25H48NO10P/c1-3-5-6-7-8-9-10-11-12-13-14-15-17-23(27)33-18-21(36-24(28)16-4-2)19-34-37(31,32)35-20-22(26)25(29)30/h21-22H,3-20,26H2,1-2H3,(H,29,30)(H,31,32)/t21-,22+/m1/s1. The number of carbonyl (C=O) groups is 3. The van der Waals surface area contributed by atoms with E-state index in [1.54, 1.807) is 6.92 Å². The van der Waals surface area contributed by atoms with E-state index >= 15 is 0 Å². The lowest BCUT2D eigenvalue weighted by Gasteiger charge is -2.20. The molecule has 11 nitrogen and oxygen atoms in total. The fourth-order valence-corrected chi connectivity index (χ4v) is 4.17. The number of hydrogen-bond donors (Lipinski definition) is 3. The monoisotopic (exact) mass is 553 g/mol. The van der Waals surface area contributed by atoms with Gasteiger partial charge >= 0.3 is 25.7 Å². The second-order valence-corrected chi connectivity index (χ2v) is 10.6. The van der Waals surface area contributed by atoms with Gasteiger partial charge in [-0.05, 0) is 12.8 Å². The number of carboxylic acid groups (broad SMARTS) is 1. The van der Waals surface area contributed by atoms with Gasteiger partial charge < -0.3 is 25.2 Å². The van der Waals surface area contributed by atoms with E-state index in [2.05, 4.69) is 11.4 Å². The summed E-state index contributed by atoms with van der Waals surface area (Å²) in [5, 5.41) is 8.71. The SMILES string of the molecule is CCCCCCCCCCCCCCC(=O)OC[C@H](COP(=O)(O)OC[C@H](N)C(=O)O)OC(=O)CCC. The predicted octanol–water partition coefficient (Wildman–Crippen LogP) is 4.88. The minimum absolute atomic E-state index is 0.115. The molecule has 0 amide bonds. The van der Waals surface area contributed by atoms with Gasteiger partial charge in [0.2, 0.25) is 0 Å². The molecule has 0 rings (SSSR count). The second kappa shape index (κ2) is 22.5. The highest BCUT2D eigenvalue weighted by atomic mass is 31.2. The van der Waals surface area contributed by atoms with Crippen LogP contribution in [0.5, 0.6) is 0 Å². The predicted molar refractivity (Wildman–Crippen MR) is 139 cm³/mol. The maximum atomic E-state index is 12.1. The van der Waals surface area contributed by atoms with Gasteiger partial charge in [0, 0.05) is 12.8 Å². The van der Waals surface area contributed by atoms with Crippen LogP contribution in [-0.4, -0.2) is 59.9 Å². The van der Waals surface area contributed by atoms with Crippen molar-refractivity contribution in [3.63, 3.8) is 0 Å². The van der Waals surface area contributed by atoms with Crippen molar-refractivity contribution < 1.29 is 47.5 Å². The Morgan fingerprint density at radius 1 is 0.730 bits per heavy atom. The van der Waals surface area contributed by atoms with Gasteiger partial charge in [-0.3, -0.25) is 23.4 Å². The van der Waals surface area contributed by atoms with Crippen LogP contribution in [0.2, 0.25) is 0 Å². The molecular formula is C25H48NO10P. The first-order valence-corrected chi connectivity index (χ1v) is 15.1. The molecule has 3 atom stereocenters. The first-order valence-electron chi connectivity index (χ1n) is 13.6. The highest BCUT2D eigenvalue weighted by Gasteiger charge is 2.28. The highest BCUT2D eigenvalue weighted by Crippen LogP contribution is 2.43. The number of hydrogen-bond acceptors (Lipinski definition) is 9. The van der Waals surface area contributed by atoms with E-state index < -0.39 is 51.1 Å². The Morgan fingerprint density at radius 3 is 1.76 bits per heavy atom. The van der Waals surface area contributed by atoms with E-state index in [0.29, 0.717) is 12.8 Å². The molecule has 0 spiro atoms. The van der Waals surface area contributed by atoms with E-state index in [4.69, 9.17) is 24.8 Å². The molecule has 12 heteroatoms. The fraction of sp³-hybridized carbons (Fsp3) is 0.880. The van der Waals surface area contributed by atoms with Crippen molar-refractivity contribution >= 4 is 25.7 Å². The molecule has 0 aliphatic heterocycles. The van der Waals surface area contributed by atoms with Crippen LogP contribution in [0.4, 0.5) is 0 Å². The van der Waals surface area contributed by atoms with Crippen LogP contribution in [-0.2, 0) is 37.5 Å². The fourth-order valence-electron chi connectivity index (χ4n) is 3.39. The molecule has 0 aromatic carbocycles. The molecule has 0 fully saturated rings. The van der Waals surface area contributed by atoms with Crippen LogP contribution in [0.3, 0.4) is 0 Å². The van der Waals surface area contributed by atoms with E-state index in [9.17, 15) is 23.8 Å². The van der Waals surface area contributed by atoms with Gasteiger partial charge in [0.05, 0.1) is 13.2 Å². The highest BCUT2D eigenvalue weighted by molar-refractivity contribution is 7.47. The van der Waals surface area contributed by atoms with Gasteiger partial charge in [-0.2, -0.15) is 0 Å². The molecule has 37 heavy (non-hydrogen) atoms. The average molecular weight is 554 g/mol. The summed E-state index contributed by atoms with van der Waals surface area (Å²) in [6, 6.07) is -1.51. The number of ether oxygens (including phenoxy) is 2. The minimum Gasteiger partial charge on any atom is -0.480 e. The average Bonchev–Trinajstić information content (AvgIpc) is 2.85. The van der Waals surface area contributed by atoms with Crippen LogP contribution in [0.25, 0.3) is 0 Å². The van der Waals surface area contributed by atoms with Crippen LogP contribution in [0.1, 0.15) is 110 Å². The Hall–Kier alpha value is -1.52. The summed E-state index contributed by atoms with van der Waals surface area (Å²) in [5.41, 5.74) is 5.23. The topological polar surface area (TPSA) is 172 Å². The number of unbranched alkanes of at least 4 members (excludes halogenated alkanes) is 11. The number of aliphatic carboxylic acids is 1. The van der Waals surface area contributed by atoms with Gasteiger partial charge in [0.25, 0.3) is 0 Å². The molecule has 4 N–H and O–H groups in total. The lowest BCUT2D eigenvalue weighted by atomic mass is 10.0. The first kappa shape index (κ1) is 35.5. The van der Waals surface area contributed by atoms with Crippen LogP contribution >= 0.6 is 7.82 Å². The Kier molecular flexibility index (Phi) is 21.5. The van der Waals surface area contributed by atoms with Crippen LogP contribution in [0, 0.1) is 0 Å². The zero-order valence-electron chi connectivity index (χ0n) is 22.6. The van der Waals surface area contributed by atoms with E-state index in [0.717, 1.165) is 19.3 Å². The minimum atomic E-state index is -4.66. The van der Waals surface area contributed by atoms with E-state index in [1.165, 1.54) is 51.4 Å². The Bertz CT molecular complexity index is 676. The Balaban J connectivity index is 4.21. The molecule has 0 heterocycles. The third-order valence-corrected chi connectivity index (χ3v) is 6.53. The van der Waals surface area contributed by atoms with Gasteiger partial charge in [-0.1, -0.05) is 84.5 Å². The zero-order valence-corrected chi connectivity index (χ0v) is 23.5. The van der Waals surface area contributed by atoms with Crippen molar-refractivity contribution in [2.24, 2.45) is 5.73 Å². The van der Waals surface area contributed by atoms with Crippen molar-refractivity contribution in [1.82, 2.24) is 0 Å². The second-order valence-electron chi connectivity index (χ2n) is 9.19. The normalized spacial score (nSPS) is 14.5. The van der Waals surface area contributed by atoms with Crippen molar-refractivity contribution in [1.29, 1.82) is 0 Å². The smallest absolute Gasteiger partial charge is 0.472 e. The molecule has 0 aromatic heterocycles. The maximum absolute atomic E-state index is 12.1. The number of esters is 2. The molecule has 0 bridgehead atoms. The Labute approximate surface area is 221 Å². The van der Waals surface area contributed by atoms with Crippen molar-refractivity contribution in [3.05, 3.63) is 0 Å². The van der Waals surface area contributed by atoms with Gasteiger partial charge in [0.1, 0.15) is 12.6 Å². The van der Waals surface area contributed by atoms with Gasteiger partial charge in [-0.15, -0.1) is 0 Å². The molecular weight excluding hydrogens is 505 g/mol. The van der Waals surface area contributed by atoms with Gasteiger partial charge in [-0.25, -0.2) is 4.57 Å². The summed E-state index contributed by atoms with van der Waals surface area (Å²) in [7, 11) is -4.66. The number of nitrogens with two attached hydrogens (primary N) is 1. The number of rotatable bonds is 25. The summed E-state index contributed by atoms with van der Waals surface area (Å²) in [4.78, 5) is 44.3. The molecule has 0 saturated carbocycles. The van der Waals surface area contributed by atoms with Crippen molar-refractivity contribution in [2.45, 2.75) is 122 Å². The molecule has 1 unspecified atom stereocenters. The number of phosphoric acid groups is 1. The lowest BCUT2D eigenvalue weighted by Crippen LogP contribution is -2.34. The van der Waals surface area contributed by atoms with E-state index in [-0.39, 0.29) is 19.4 Å². The molecule has 0 aromatic rings. The van der Waals surface area contributed by atoms with Crippen molar-refractivity contribution in [3.8, 4) is 0 Å². The summed E-state index contributed by atoms with van der Waals surface area (Å²) >= 11 is 0. The van der Waals surface area contributed by atoms with E-state index in [1.807, 2.05) is 0 Å². The van der Waals surface area contributed by atoms with Crippen LogP contribution < -0.4 is 5.73 Å². The summed E-state index contributed by atoms with van der Waals surface area (Å²) in [5.74, 6) is -2.44. The summed E-state index contributed by atoms with van der Waals surface area (Å²) < 4.78 is 31.6.